The Kier molecular flexibility index (Phi) is 5.58. The Balaban J connectivity index is 1.38. The van der Waals surface area contributed by atoms with Gasteiger partial charge in [0, 0.05) is 40.7 Å². The summed E-state index contributed by atoms with van der Waals surface area (Å²) in [5.74, 6) is 0.288. The first kappa shape index (κ1) is 22.2. The van der Waals surface area contributed by atoms with Crippen molar-refractivity contribution in [3.63, 3.8) is 0 Å². The highest BCUT2D eigenvalue weighted by atomic mass is 32.1. The van der Waals surface area contributed by atoms with Crippen LogP contribution in [-0.4, -0.2) is 31.1 Å². The fourth-order valence-electron chi connectivity index (χ4n) is 4.47. The van der Waals surface area contributed by atoms with Crippen LogP contribution >= 0.6 is 11.3 Å². The fourth-order valence-corrected chi connectivity index (χ4v) is 5.13. The van der Waals surface area contributed by atoms with Crippen LogP contribution in [0.3, 0.4) is 0 Å². The van der Waals surface area contributed by atoms with Gasteiger partial charge in [0.05, 0.1) is 34.8 Å². The molecule has 0 radical (unpaired) electrons. The first-order chi connectivity index (χ1) is 17.5. The van der Waals surface area contributed by atoms with Gasteiger partial charge in [0.15, 0.2) is 0 Å². The normalized spacial score (nSPS) is 11.5. The molecule has 6 rings (SSSR count). The molecule has 0 saturated heterocycles. The molecule has 0 aliphatic carbocycles. The third kappa shape index (κ3) is 4.16. The van der Waals surface area contributed by atoms with Gasteiger partial charge >= 0.3 is 0 Å². The lowest BCUT2D eigenvalue weighted by molar-refractivity contribution is -0.116. The lowest BCUT2D eigenvalue weighted by Crippen LogP contribution is -2.13. The molecule has 0 atom stereocenters. The third-order valence-corrected chi connectivity index (χ3v) is 6.83. The maximum atomic E-state index is 12.2. The number of aromatic amines is 2. The molecule has 0 spiro atoms. The summed E-state index contributed by atoms with van der Waals surface area (Å²) in [5.41, 5.74) is 8.54. The maximum Gasteiger partial charge on any atom is 0.224 e. The predicted molar refractivity (Wildman–Crippen MR) is 146 cm³/mol. The zero-order valence-electron chi connectivity index (χ0n) is 19.9. The smallest absolute Gasteiger partial charge is 0.224 e. The van der Waals surface area contributed by atoms with E-state index in [1.165, 1.54) is 0 Å². The Morgan fingerprint density at radius 2 is 1.83 bits per heavy atom. The van der Waals surface area contributed by atoms with E-state index in [1.54, 1.807) is 23.7 Å². The van der Waals surface area contributed by atoms with E-state index in [2.05, 4.69) is 59.4 Å². The van der Waals surface area contributed by atoms with Gasteiger partial charge in [0.1, 0.15) is 5.69 Å². The number of rotatable bonds is 6. The number of benzene rings is 1. The minimum Gasteiger partial charge on any atom is -0.352 e. The van der Waals surface area contributed by atoms with Gasteiger partial charge in [-0.2, -0.15) is 16.4 Å². The van der Waals surface area contributed by atoms with E-state index in [4.69, 9.17) is 0 Å². The molecule has 1 aromatic carbocycles. The number of fused-ring (bicyclic) bond motifs is 2. The van der Waals surface area contributed by atoms with E-state index < -0.39 is 0 Å². The summed E-state index contributed by atoms with van der Waals surface area (Å²) < 4.78 is 0. The van der Waals surface area contributed by atoms with Crippen molar-refractivity contribution in [1.82, 2.24) is 25.1 Å². The number of thiophene rings is 1. The zero-order valence-corrected chi connectivity index (χ0v) is 20.7. The number of nitrogens with zero attached hydrogens (tertiary/aromatic N) is 3. The van der Waals surface area contributed by atoms with Crippen LogP contribution in [0.2, 0.25) is 0 Å². The molecule has 36 heavy (non-hydrogen) atoms. The highest BCUT2D eigenvalue weighted by molar-refractivity contribution is 7.08. The lowest BCUT2D eigenvalue weighted by Gasteiger charge is -2.09. The monoisotopic (exact) mass is 492 g/mol. The van der Waals surface area contributed by atoms with Crippen molar-refractivity contribution in [2.45, 2.75) is 20.3 Å². The average Bonchev–Trinajstić information content (AvgIpc) is 3.62. The molecule has 0 saturated carbocycles. The lowest BCUT2D eigenvalue weighted by atomic mass is 10.0. The van der Waals surface area contributed by atoms with E-state index in [9.17, 15) is 4.79 Å². The second kappa shape index (κ2) is 9.05. The van der Waals surface area contributed by atoms with Crippen LogP contribution in [0.5, 0.6) is 0 Å². The van der Waals surface area contributed by atoms with Gasteiger partial charge in [-0.15, -0.1) is 0 Å². The average molecular weight is 493 g/mol. The molecule has 5 heterocycles. The SMILES string of the molecule is CC(C)CC(=O)Nc1cncc(-c2ccc3[nH]nc(-c4cc5c(-c6ccsc6)cncc5[nH]4)c3c2)c1. The summed E-state index contributed by atoms with van der Waals surface area (Å²) >= 11 is 1.67. The van der Waals surface area contributed by atoms with Crippen LogP contribution in [-0.2, 0) is 4.79 Å². The molecule has 0 fully saturated rings. The van der Waals surface area contributed by atoms with Crippen LogP contribution in [0.4, 0.5) is 5.69 Å². The van der Waals surface area contributed by atoms with Gasteiger partial charge in [-0.05, 0) is 58.1 Å². The highest BCUT2D eigenvalue weighted by Gasteiger charge is 2.15. The Morgan fingerprint density at radius 1 is 0.944 bits per heavy atom. The Morgan fingerprint density at radius 3 is 2.67 bits per heavy atom. The van der Waals surface area contributed by atoms with Crippen LogP contribution in [0.25, 0.3) is 55.4 Å². The second-order valence-electron chi connectivity index (χ2n) is 9.28. The summed E-state index contributed by atoms with van der Waals surface area (Å²) in [6.45, 7) is 4.05. The standard InChI is InChI=1S/C28H24N6OS/c1-16(2)7-27(35)31-20-8-19(11-29-12-20)17-3-4-24-22(9-17)28(34-33-24)25-10-21-23(18-5-6-36-15-18)13-30-14-26(21)32-25/h3-6,8-16,32H,7H2,1-2H3,(H,31,35)(H,33,34). The predicted octanol–water partition coefficient (Wildman–Crippen LogP) is 6.88. The molecule has 8 heteroatoms. The first-order valence-electron chi connectivity index (χ1n) is 11.8. The van der Waals surface area contributed by atoms with Crippen molar-refractivity contribution in [2.24, 2.45) is 5.92 Å². The molecule has 6 aromatic rings. The number of aromatic nitrogens is 5. The van der Waals surface area contributed by atoms with Gasteiger partial charge in [-0.1, -0.05) is 19.9 Å². The van der Waals surface area contributed by atoms with Crippen molar-refractivity contribution in [3.8, 4) is 33.6 Å². The number of nitrogens with one attached hydrogen (secondary N) is 3. The maximum absolute atomic E-state index is 12.2. The van der Waals surface area contributed by atoms with E-state index >= 15 is 0 Å². The molecule has 0 bridgehead atoms. The molecular formula is C28H24N6OS. The van der Waals surface area contributed by atoms with Crippen molar-refractivity contribution < 1.29 is 4.79 Å². The molecule has 0 aliphatic rings. The largest absolute Gasteiger partial charge is 0.352 e. The van der Waals surface area contributed by atoms with Crippen molar-refractivity contribution in [3.05, 3.63) is 71.9 Å². The molecule has 1 amide bonds. The number of hydrogen-bond donors (Lipinski definition) is 3. The number of H-pyrrole nitrogens is 2. The highest BCUT2D eigenvalue weighted by Crippen LogP contribution is 2.35. The fraction of sp³-hybridized carbons (Fsp3) is 0.143. The van der Waals surface area contributed by atoms with Crippen LogP contribution in [0.15, 0.2) is 71.9 Å². The van der Waals surface area contributed by atoms with Crippen LogP contribution in [0, 0.1) is 5.92 Å². The molecule has 0 unspecified atom stereocenters. The van der Waals surface area contributed by atoms with Gasteiger partial charge in [-0.25, -0.2) is 0 Å². The number of carbonyl (C=O) groups is 1. The second-order valence-corrected chi connectivity index (χ2v) is 10.1. The number of hydrogen-bond acceptors (Lipinski definition) is 5. The summed E-state index contributed by atoms with van der Waals surface area (Å²) in [6.07, 6.45) is 7.71. The molecule has 7 nitrogen and oxygen atoms in total. The Labute approximate surface area is 211 Å². The molecular weight excluding hydrogens is 468 g/mol. The zero-order chi connectivity index (χ0) is 24.6. The first-order valence-corrected chi connectivity index (χ1v) is 12.7. The minimum absolute atomic E-state index is 0.00774. The van der Waals surface area contributed by atoms with Gasteiger partial charge in [-0.3, -0.25) is 19.9 Å². The van der Waals surface area contributed by atoms with Crippen molar-refractivity contribution in [2.75, 3.05) is 5.32 Å². The van der Waals surface area contributed by atoms with Gasteiger partial charge in [0.25, 0.3) is 0 Å². The third-order valence-electron chi connectivity index (χ3n) is 6.14. The van der Waals surface area contributed by atoms with E-state index in [1.807, 2.05) is 44.4 Å². The summed E-state index contributed by atoms with van der Waals surface area (Å²) in [4.78, 5) is 24.5. The van der Waals surface area contributed by atoms with Crippen LogP contribution < -0.4 is 5.32 Å². The van der Waals surface area contributed by atoms with E-state index in [0.29, 0.717) is 18.0 Å². The van der Waals surface area contributed by atoms with Crippen LogP contribution in [0.1, 0.15) is 20.3 Å². The van der Waals surface area contributed by atoms with E-state index in [0.717, 1.165) is 55.4 Å². The Bertz CT molecular complexity index is 1700. The Hall–Kier alpha value is -4.30. The van der Waals surface area contributed by atoms with Crippen molar-refractivity contribution in [1.29, 1.82) is 0 Å². The summed E-state index contributed by atoms with van der Waals surface area (Å²) in [7, 11) is 0. The number of pyridine rings is 2. The minimum atomic E-state index is -0.00774. The van der Waals surface area contributed by atoms with Gasteiger partial charge in [0.2, 0.25) is 5.91 Å². The topological polar surface area (TPSA) is 99.3 Å². The molecule has 0 aliphatic heterocycles. The summed E-state index contributed by atoms with van der Waals surface area (Å²) in [5, 5.41) is 17.0. The number of anilines is 1. The number of carbonyl (C=O) groups excluding carboxylic acids is 1. The quantitative estimate of drug-likeness (QED) is 0.236. The molecule has 3 N–H and O–H groups in total. The van der Waals surface area contributed by atoms with E-state index in [-0.39, 0.29) is 5.91 Å². The van der Waals surface area contributed by atoms with Crippen molar-refractivity contribution >= 4 is 44.7 Å². The molecule has 5 aromatic heterocycles. The van der Waals surface area contributed by atoms with Gasteiger partial charge < -0.3 is 10.3 Å². The number of amides is 1. The molecule has 178 valence electrons. The summed E-state index contributed by atoms with van der Waals surface area (Å²) in [6, 6.07) is 12.4.